The van der Waals surface area contributed by atoms with Gasteiger partial charge in [-0.15, -0.1) is 0 Å². The molecule has 130 valence electrons. The monoisotopic (exact) mass is 444 g/mol. The van der Waals surface area contributed by atoms with Crippen molar-refractivity contribution in [3.63, 3.8) is 0 Å². The van der Waals surface area contributed by atoms with Gasteiger partial charge in [0, 0.05) is 14.8 Å². The molecule has 0 spiro atoms. The van der Waals surface area contributed by atoms with Crippen LogP contribution in [0.15, 0.2) is 29.5 Å². The van der Waals surface area contributed by atoms with Crippen molar-refractivity contribution in [3.05, 3.63) is 38.6 Å². The number of allylic oxidation sites excluding steroid dienone is 1. The van der Waals surface area contributed by atoms with Gasteiger partial charge in [0.2, 0.25) is 0 Å². The minimum Gasteiger partial charge on any atom is -0.493 e. The predicted octanol–water partition coefficient (Wildman–Crippen LogP) is 3.27. The molecule has 24 heavy (non-hydrogen) atoms. The lowest BCUT2D eigenvalue weighted by Gasteiger charge is -2.29. The molecule has 1 atom stereocenters. The molecule has 0 aliphatic carbocycles. The molecule has 1 aliphatic heterocycles. The van der Waals surface area contributed by atoms with E-state index in [2.05, 4.69) is 40.1 Å². The lowest BCUT2D eigenvalue weighted by Crippen LogP contribution is -2.45. The Bertz CT molecular complexity index is 673. The summed E-state index contributed by atoms with van der Waals surface area (Å²) in [5.41, 5.74) is 1.60. The summed E-state index contributed by atoms with van der Waals surface area (Å²) in [5, 5.41) is 5.41. The van der Waals surface area contributed by atoms with Crippen LogP contribution in [0.25, 0.3) is 0 Å². The van der Waals surface area contributed by atoms with Gasteiger partial charge in [0.1, 0.15) is 5.75 Å². The van der Waals surface area contributed by atoms with E-state index < -0.39 is 12.0 Å². The summed E-state index contributed by atoms with van der Waals surface area (Å²) >= 11 is 2.19. The number of hydrogen-bond acceptors (Lipinski definition) is 4. The van der Waals surface area contributed by atoms with Crippen LogP contribution < -0.4 is 15.4 Å². The molecule has 1 aromatic carbocycles. The molecule has 0 bridgehead atoms. The average molecular weight is 444 g/mol. The Morgan fingerprint density at radius 2 is 2.12 bits per heavy atom. The molecule has 1 aliphatic rings. The molecule has 1 heterocycles. The van der Waals surface area contributed by atoms with Gasteiger partial charge in [-0.2, -0.15) is 0 Å². The van der Waals surface area contributed by atoms with Crippen LogP contribution in [-0.2, 0) is 9.53 Å². The van der Waals surface area contributed by atoms with Crippen LogP contribution in [0.2, 0.25) is 0 Å². The number of unbranched alkanes of at least 4 members (excludes halogenated alkanes) is 1. The van der Waals surface area contributed by atoms with Gasteiger partial charge in [0.05, 0.1) is 25.3 Å². The molecule has 0 fully saturated rings. The third-order valence-corrected chi connectivity index (χ3v) is 4.38. The Hall–Kier alpha value is -1.77. The molecule has 2 amide bonds. The normalized spacial score (nSPS) is 17.2. The number of esters is 1. The standard InChI is InChI=1S/C17H21IN2O4/c1-4-5-8-24-13-7-6-11(18)9-12(13)15-14(16(21)23-3)10(2)19-17(22)20-15/h6-7,9,15H,4-5,8H2,1-3H3,(H2,19,20,22)/t15-/m0/s1. The van der Waals surface area contributed by atoms with Crippen molar-refractivity contribution >= 4 is 34.6 Å². The van der Waals surface area contributed by atoms with Crippen LogP contribution in [0.4, 0.5) is 4.79 Å². The third-order valence-electron chi connectivity index (χ3n) is 3.71. The highest BCUT2D eigenvalue weighted by Crippen LogP contribution is 2.34. The van der Waals surface area contributed by atoms with Crippen LogP contribution >= 0.6 is 22.6 Å². The summed E-state index contributed by atoms with van der Waals surface area (Å²) < 4.78 is 11.7. The second-order valence-electron chi connectivity index (χ2n) is 5.45. The molecule has 7 heteroatoms. The predicted molar refractivity (Wildman–Crippen MR) is 98.7 cm³/mol. The van der Waals surface area contributed by atoms with Gasteiger partial charge < -0.3 is 20.1 Å². The molecule has 0 radical (unpaired) electrons. The number of rotatable bonds is 6. The highest BCUT2D eigenvalue weighted by atomic mass is 127. The first-order chi connectivity index (χ1) is 11.5. The van der Waals surface area contributed by atoms with Crippen LogP contribution in [0.5, 0.6) is 5.75 Å². The van der Waals surface area contributed by atoms with Gasteiger partial charge in [-0.3, -0.25) is 0 Å². The van der Waals surface area contributed by atoms with Gasteiger partial charge in [0.15, 0.2) is 0 Å². The molecule has 6 nitrogen and oxygen atoms in total. The highest BCUT2D eigenvalue weighted by Gasteiger charge is 2.33. The number of halogens is 1. The molecule has 0 saturated heterocycles. The lowest BCUT2D eigenvalue weighted by molar-refractivity contribution is -0.136. The number of urea groups is 1. The van der Waals surface area contributed by atoms with Gasteiger partial charge in [-0.05, 0) is 54.1 Å². The first-order valence-corrected chi connectivity index (χ1v) is 8.84. The van der Waals surface area contributed by atoms with E-state index in [4.69, 9.17) is 9.47 Å². The van der Waals surface area contributed by atoms with Crippen molar-refractivity contribution < 1.29 is 19.1 Å². The van der Waals surface area contributed by atoms with Crippen molar-refractivity contribution in [2.75, 3.05) is 13.7 Å². The summed E-state index contributed by atoms with van der Waals surface area (Å²) in [6, 6.07) is 4.74. The second-order valence-corrected chi connectivity index (χ2v) is 6.69. The number of ether oxygens (including phenoxy) is 2. The van der Waals surface area contributed by atoms with Crippen molar-refractivity contribution in [1.29, 1.82) is 0 Å². The maximum Gasteiger partial charge on any atom is 0.337 e. The Morgan fingerprint density at radius 1 is 1.38 bits per heavy atom. The van der Waals surface area contributed by atoms with E-state index in [0.29, 0.717) is 23.6 Å². The quantitative estimate of drug-likeness (QED) is 0.401. The van der Waals surface area contributed by atoms with Crippen LogP contribution in [0.1, 0.15) is 38.3 Å². The maximum atomic E-state index is 12.2. The zero-order valence-corrected chi connectivity index (χ0v) is 16.1. The lowest BCUT2D eigenvalue weighted by atomic mass is 9.95. The summed E-state index contributed by atoms with van der Waals surface area (Å²) in [4.78, 5) is 24.1. The van der Waals surface area contributed by atoms with E-state index in [0.717, 1.165) is 22.0 Å². The van der Waals surface area contributed by atoms with E-state index in [9.17, 15) is 9.59 Å². The minimum atomic E-state index is -0.613. The van der Waals surface area contributed by atoms with Crippen molar-refractivity contribution in [2.24, 2.45) is 0 Å². The van der Waals surface area contributed by atoms with Crippen molar-refractivity contribution in [2.45, 2.75) is 32.7 Å². The second kappa shape index (κ2) is 8.36. The number of carbonyl (C=O) groups excluding carboxylic acids is 2. The van der Waals surface area contributed by atoms with E-state index in [-0.39, 0.29) is 6.03 Å². The smallest absolute Gasteiger partial charge is 0.337 e. The van der Waals surface area contributed by atoms with Gasteiger partial charge in [-0.25, -0.2) is 9.59 Å². The minimum absolute atomic E-state index is 0.358. The zero-order chi connectivity index (χ0) is 17.7. The van der Waals surface area contributed by atoms with E-state index >= 15 is 0 Å². The first-order valence-electron chi connectivity index (χ1n) is 7.76. The fourth-order valence-corrected chi connectivity index (χ4v) is 3.03. The van der Waals surface area contributed by atoms with Crippen LogP contribution in [-0.4, -0.2) is 25.7 Å². The summed E-state index contributed by atoms with van der Waals surface area (Å²) in [7, 11) is 1.32. The molecule has 1 aromatic rings. The number of nitrogens with one attached hydrogen (secondary N) is 2. The number of amides is 2. The largest absolute Gasteiger partial charge is 0.493 e. The van der Waals surface area contributed by atoms with Gasteiger partial charge in [0.25, 0.3) is 0 Å². The molecule has 0 saturated carbocycles. The van der Waals surface area contributed by atoms with E-state index in [1.54, 1.807) is 6.92 Å². The van der Waals surface area contributed by atoms with Crippen LogP contribution in [0.3, 0.4) is 0 Å². The highest BCUT2D eigenvalue weighted by molar-refractivity contribution is 14.1. The molecule has 2 N–H and O–H groups in total. The average Bonchev–Trinajstić information content (AvgIpc) is 2.55. The molecule has 0 aromatic heterocycles. The maximum absolute atomic E-state index is 12.2. The molecular weight excluding hydrogens is 423 g/mol. The third kappa shape index (κ3) is 4.19. The SMILES string of the molecule is CCCCOc1ccc(I)cc1[C@@H]1NC(=O)NC(C)=C1C(=O)OC. The number of methoxy groups -OCH3 is 1. The zero-order valence-electron chi connectivity index (χ0n) is 13.9. The Morgan fingerprint density at radius 3 is 2.79 bits per heavy atom. The van der Waals surface area contributed by atoms with Crippen LogP contribution in [0, 0.1) is 3.57 Å². The summed E-state index contributed by atoms with van der Waals surface area (Å²) in [5.74, 6) is 0.175. The number of benzene rings is 1. The van der Waals surface area contributed by atoms with E-state index in [1.165, 1.54) is 7.11 Å². The number of hydrogen-bond donors (Lipinski definition) is 2. The number of carbonyl (C=O) groups is 2. The Labute approximate surface area is 155 Å². The van der Waals surface area contributed by atoms with Gasteiger partial charge in [-0.1, -0.05) is 13.3 Å². The van der Waals surface area contributed by atoms with Crippen molar-refractivity contribution in [1.82, 2.24) is 10.6 Å². The molecule has 2 rings (SSSR count). The fourth-order valence-electron chi connectivity index (χ4n) is 2.51. The summed E-state index contributed by atoms with van der Waals surface area (Å²) in [6.07, 6.45) is 1.96. The fraction of sp³-hybridized carbons (Fsp3) is 0.412. The van der Waals surface area contributed by atoms with Crippen molar-refractivity contribution in [3.8, 4) is 5.75 Å². The molecular formula is C17H21IN2O4. The van der Waals surface area contributed by atoms with Gasteiger partial charge >= 0.3 is 12.0 Å². The molecule has 0 unspecified atom stereocenters. The first kappa shape index (κ1) is 18.6. The topological polar surface area (TPSA) is 76.7 Å². The van der Waals surface area contributed by atoms with E-state index in [1.807, 2.05) is 18.2 Å². The Kier molecular flexibility index (Phi) is 6.47. The summed E-state index contributed by atoms with van der Waals surface area (Å²) in [6.45, 7) is 4.36. The Balaban J connectivity index is 2.46.